The minimum absolute atomic E-state index is 0. The molecule has 1 atom stereocenters. The molecular weight excluding hydrogens is 329 g/mol. The number of halogens is 4. The third kappa shape index (κ3) is 4.85. The molecule has 7 heteroatoms. The molecule has 3 nitrogen and oxygen atoms in total. The van der Waals surface area contributed by atoms with E-state index >= 15 is 0 Å². The SMILES string of the molecule is CC(NC(=O)C1(N)CCCCC1)c1cccc(C(F)(F)F)c1.Cl. The van der Waals surface area contributed by atoms with E-state index in [0.29, 0.717) is 18.4 Å². The van der Waals surface area contributed by atoms with Gasteiger partial charge in [0, 0.05) is 0 Å². The van der Waals surface area contributed by atoms with Crippen molar-refractivity contribution in [2.24, 2.45) is 5.73 Å². The van der Waals surface area contributed by atoms with Gasteiger partial charge in [-0.2, -0.15) is 13.2 Å². The third-order valence-electron chi connectivity index (χ3n) is 4.26. The van der Waals surface area contributed by atoms with Gasteiger partial charge in [0.25, 0.3) is 0 Å². The monoisotopic (exact) mass is 350 g/mol. The molecule has 1 saturated carbocycles. The highest BCUT2D eigenvalue weighted by molar-refractivity contribution is 5.86. The average Bonchev–Trinajstić information content (AvgIpc) is 2.47. The van der Waals surface area contributed by atoms with Gasteiger partial charge in [0.1, 0.15) is 0 Å². The molecule has 23 heavy (non-hydrogen) atoms. The number of hydrogen-bond acceptors (Lipinski definition) is 2. The van der Waals surface area contributed by atoms with Crippen LogP contribution in [0.2, 0.25) is 0 Å². The van der Waals surface area contributed by atoms with E-state index in [1.54, 1.807) is 13.0 Å². The molecule has 1 amide bonds. The van der Waals surface area contributed by atoms with E-state index < -0.39 is 23.3 Å². The Hall–Kier alpha value is -1.27. The summed E-state index contributed by atoms with van der Waals surface area (Å²) in [5.41, 5.74) is 4.94. The summed E-state index contributed by atoms with van der Waals surface area (Å²) in [6.07, 6.45) is -0.278. The van der Waals surface area contributed by atoms with E-state index in [4.69, 9.17) is 5.73 Å². The second kappa shape index (κ2) is 7.53. The maximum Gasteiger partial charge on any atom is 0.416 e. The van der Waals surface area contributed by atoms with Gasteiger partial charge in [-0.1, -0.05) is 31.4 Å². The first kappa shape index (κ1) is 19.8. The minimum Gasteiger partial charge on any atom is -0.348 e. The fourth-order valence-corrected chi connectivity index (χ4v) is 2.82. The van der Waals surface area contributed by atoms with Crippen LogP contribution in [0.5, 0.6) is 0 Å². The Labute approximate surface area is 140 Å². The molecule has 0 aromatic heterocycles. The van der Waals surface area contributed by atoms with Gasteiger partial charge in [0.2, 0.25) is 5.91 Å². The Morgan fingerprint density at radius 2 is 1.87 bits per heavy atom. The summed E-state index contributed by atoms with van der Waals surface area (Å²) < 4.78 is 38.2. The number of alkyl halides is 3. The van der Waals surface area contributed by atoms with E-state index in [1.807, 2.05) is 0 Å². The van der Waals surface area contributed by atoms with Crippen molar-refractivity contribution in [3.05, 3.63) is 35.4 Å². The third-order valence-corrected chi connectivity index (χ3v) is 4.26. The highest BCUT2D eigenvalue weighted by Crippen LogP contribution is 2.31. The van der Waals surface area contributed by atoms with E-state index in [0.717, 1.165) is 31.4 Å². The highest BCUT2D eigenvalue weighted by atomic mass is 35.5. The van der Waals surface area contributed by atoms with E-state index in [-0.39, 0.29) is 18.3 Å². The molecule has 3 N–H and O–H groups in total. The molecule has 1 aromatic rings. The quantitative estimate of drug-likeness (QED) is 0.866. The van der Waals surface area contributed by atoms with E-state index in [1.165, 1.54) is 6.07 Å². The fourth-order valence-electron chi connectivity index (χ4n) is 2.82. The van der Waals surface area contributed by atoms with Gasteiger partial charge in [0.15, 0.2) is 0 Å². The molecule has 1 aliphatic rings. The van der Waals surface area contributed by atoms with Crippen molar-refractivity contribution in [3.63, 3.8) is 0 Å². The van der Waals surface area contributed by atoms with Crippen molar-refractivity contribution in [2.45, 2.75) is 56.8 Å². The minimum atomic E-state index is -4.39. The Balaban J connectivity index is 0.00000264. The summed E-state index contributed by atoms with van der Waals surface area (Å²) >= 11 is 0. The standard InChI is InChI=1S/C16H21F3N2O.ClH/c1-11(12-6-5-7-13(10-12)16(17,18)19)21-14(22)15(20)8-3-2-4-9-15;/h5-7,10-11H,2-4,8-9,20H2,1H3,(H,21,22);1H. The van der Waals surface area contributed by atoms with Crippen LogP contribution in [0.4, 0.5) is 13.2 Å². The predicted molar refractivity (Wildman–Crippen MR) is 85.3 cm³/mol. The largest absolute Gasteiger partial charge is 0.416 e. The van der Waals surface area contributed by atoms with E-state index in [2.05, 4.69) is 5.32 Å². The molecule has 130 valence electrons. The Morgan fingerprint density at radius 3 is 2.43 bits per heavy atom. The van der Waals surface area contributed by atoms with Gasteiger partial charge < -0.3 is 11.1 Å². The van der Waals surface area contributed by atoms with Crippen molar-refractivity contribution in [2.75, 3.05) is 0 Å². The Kier molecular flexibility index (Phi) is 6.48. The summed E-state index contributed by atoms with van der Waals surface area (Å²) in [7, 11) is 0. The zero-order valence-electron chi connectivity index (χ0n) is 13.0. The zero-order valence-corrected chi connectivity index (χ0v) is 13.8. The van der Waals surface area contributed by atoms with Gasteiger partial charge in [-0.15, -0.1) is 12.4 Å². The Morgan fingerprint density at radius 1 is 1.26 bits per heavy atom. The van der Waals surface area contributed by atoms with Crippen LogP contribution in [0, 0.1) is 0 Å². The number of benzene rings is 1. The molecule has 0 aliphatic heterocycles. The van der Waals surface area contributed by atoms with Gasteiger partial charge >= 0.3 is 6.18 Å². The van der Waals surface area contributed by atoms with Crippen molar-refractivity contribution < 1.29 is 18.0 Å². The topological polar surface area (TPSA) is 55.1 Å². The summed E-state index contributed by atoms with van der Waals surface area (Å²) in [6, 6.07) is 4.49. The zero-order chi connectivity index (χ0) is 16.4. The molecule has 0 radical (unpaired) electrons. The van der Waals surface area contributed by atoms with Crippen molar-refractivity contribution in [1.29, 1.82) is 0 Å². The Bertz CT molecular complexity index is 542. The summed E-state index contributed by atoms with van der Waals surface area (Å²) in [6.45, 7) is 1.67. The number of amides is 1. The smallest absolute Gasteiger partial charge is 0.348 e. The van der Waals surface area contributed by atoms with Gasteiger partial charge in [0.05, 0.1) is 17.1 Å². The lowest BCUT2D eigenvalue weighted by molar-refractivity contribution is -0.137. The first-order valence-corrected chi connectivity index (χ1v) is 7.49. The van der Waals surface area contributed by atoms with Crippen LogP contribution in [0.25, 0.3) is 0 Å². The van der Waals surface area contributed by atoms with Crippen LogP contribution in [-0.4, -0.2) is 11.4 Å². The van der Waals surface area contributed by atoms with E-state index in [9.17, 15) is 18.0 Å². The number of nitrogens with two attached hydrogens (primary N) is 1. The number of hydrogen-bond donors (Lipinski definition) is 2. The van der Waals surface area contributed by atoms with Crippen molar-refractivity contribution in [1.82, 2.24) is 5.32 Å². The summed E-state index contributed by atoms with van der Waals surface area (Å²) in [4.78, 5) is 12.3. The first-order valence-electron chi connectivity index (χ1n) is 7.49. The molecule has 1 aromatic carbocycles. The second-order valence-electron chi connectivity index (χ2n) is 6.04. The second-order valence-corrected chi connectivity index (χ2v) is 6.04. The maximum atomic E-state index is 12.7. The lowest BCUT2D eigenvalue weighted by atomic mass is 9.81. The number of carbonyl (C=O) groups is 1. The molecule has 0 spiro atoms. The van der Waals surface area contributed by atoms with Gasteiger partial charge in [-0.3, -0.25) is 4.79 Å². The molecule has 1 fully saturated rings. The van der Waals surface area contributed by atoms with Crippen LogP contribution in [0.1, 0.15) is 56.2 Å². The van der Waals surface area contributed by atoms with Crippen molar-refractivity contribution >= 4 is 18.3 Å². The molecule has 0 saturated heterocycles. The fraction of sp³-hybridized carbons (Fsp3) is 0.562. The molecule has 0 heterocycles. The molecule has 0 bridgehead atoms. The average molecular weight is 351 g/mol. The molecular formula is C16H22ClF3N2O. The number of nitrogens with one attached hydrogen (secondary N) is 1. The normalized spacial score (nSPS) is 18.7. The van der Waals surface area contributed by atoms with Crippen LogP contribution in [0.3, 0.4) is 0 Å². The highest BCUT2D eigenvalue weighted by Gasteiger charge is 2.36. The summed E-state index contributed by atoms with van der Waals surface area (Å²) in [5, 5.41) is 2.75. The van der Waals surface area contributed by atoms with Crippen LogP contribution in [0.15, 0.2) is 24.3 Å². The van der Waals surface area contributed by atoms with Crippen molar-refractivity contribution in [3.8, 4) is 0 Å². The summed E-state index contributed by atoms with van der Waals surface area (Å²) in [5.74, 6) is -0.280. The predicted octanol–water partition coefficient (Wildman–Crippen LogP) is 3.97. The van der Waals surface area contributed by atoms with Crippen LogP contribution >= 0.6 is 12.4 Å². The number of carbonyl (C=O) groups excluding carboxylic acids is 1. The van der Waals surface area contributed by atoms with Crippen LogP contribution < -0.4 is 11.1 Å². The molecule has 1 aliphatic carbocycles. The lowest BCUT2D eigenvalue weighted by Gasteiger charge is -2.33. The first-order chi connectivity index (χ1) is 10.2. The molecule has 2 rings (SSSR count). The maximum absolute atomic E-state index is 12.7. The lowest BCUT2D eigenvalue weighted by Crippen LogP contribution is -2.55. The van der Waals surface area contributed by atoms with Crippen LogP contribution in [-0.2, 0) is 11.0 Å². The number of rotatable bonds is 3. The van der Waals surface area contributed by atoms with Gasteiger partial charge in [-0.25, -0.2) is 0 Å². The van der Waals surface area contributed by atoms with Gasteiger partial charge in [-0.05, 0) is 37.5 Å². The molecule has 1 unspecified atom stereocenters.